The molecule has 0 amide bonds. The summed E-state index contributed by atoms with van der Waals surface area (Å²) in [7, 11) is -3.32. The molecule has 0 bridgehead atoms. The van der Waals surface area contributed by atoms with Crippen molar-refractivity contribution in [2.24, 2.45) is 4.99 Å². The van der Waals surface area contributed by atoms with Crippen LogP contribution in [0.2, 0.25) is 0 Å². The zero-order valence-corrected chi connectivity index (χ0v) is 13.7. The van der Waals surface area contributed by atoms with Crippen molar-refractivity contribution in [2.45, 2.75) is 17.9 Å². The third-order valence-electron chi connectivity index (χ3n) is 3.15. The van der Waals surface area contributed by atoms with Crippen molar-refractivity contribution in [2.75, 3.05) is 11.6 Å². The Bertz CT molecular complexity index is 727. The molecule has 0 heterocycles. The second kappa shape index (κ2) is 8.11. The van der Waals surface area contributed by atoms with E-state index in [1.54, 1.807) is 24.4 Å². The molecule has 2 rings (SSSR count). The van der Waals surface area contributed by atoms with Crippen molar-refractivity contribution in [1.29, 1.82) is 0 Å². The van der Waals surface area contributed by atoms with Gasteiger partial charge in [-0.15, -0.1) is 11.6 Å². The van der Waals surface area contributed by atoms with Gasteiger partial charge in [0.2, 0.25) is 0 Å². The Morgan fingerprint density at radius 1 is 1.00 bits per heavy atom. The van der Waals surface area contributed by atoms with Crippen molar-refractivity contribution in [1.82, 2.24) is 0 Å². The van der Waals surface area contributed by atoms with Gasteiger partial charge in [0.15, 0.2) is 9.84 Å². The minimum absolute atomic E-state index is 0.0556. The Morgan fingerprint density at radius 3 is 2.41 bits per heavy atom. The van der Waals surface area contributed by atoms with Gasteiger partial charge >= 0.3 is 0 Å². The second-order valence-electron chi connectivity index (χ2n) is 4.85. The first-order valence-electron chi connectivity index (χ1n) is 7.05. The third kappa shape index (κ3) is 4.68. The summed E-state index contributed by atoms with van der Waals surface area (Å²) in [6, 6.07) is 16.7. The Kier molecular flexibility index (Phi) is 6.16. The zero-order chi connectivity index (χ0) is 15.8. The lowest BCUT2D eigenvalue weighted by Gasteiger charge is -2.06. The van der Waals surface area contributed by atoms with E-state index >= 15 is 0 Å². The molecule has 0 aliphatic rings. The molecule has 3 nitrogen and oxygen atoms in total. The number of aliphatic imine (C=N–C) groups is 1. The summed E-state index contributed by atoms with van der Waals surface area (Å²) >= 11 is 5.60. The van der Waals surface area contributed by atoms with E-state index in [1.165, 1.54) is 0 Å². The van der Waals surface area contributed by atoms with Gasteiger partial charge in [-0.05, 0) is 18.1 Å². The fourth-order valence-electron chi connectivity index (χ4n) is 2.06. The van der Waals surface area contributed by atoms with Crippen molar-refractivity contribution in [3.8, 4) is 0 Å². The summed E-state index contributed by atoms with van der Waals surface area (Å²) in [5.41, 5.74) is 1.70. The first kappa shape index (κ1) is 16.7. The van der Waals surface area contributed by atoms with Crippen LogP contribution in [0.25, 0.3) is 0 Å². The highest BCUT2D eigenvalue weighted by Gasteiger charge is 2.16. The van der Waals surface area contributed by atoms with Crippen molar-refractivity contribution in [3.05, 3.63) is 65.7 Å². The fourth-order valence-corrected chi connectivity index (χ4v) is 3.86. The van der Waals surface area contributed by atoms with Crippen LogP contribution in [0.3, 0.4) is 0 Å². The van der Waals surface area contributed by atoms with Crippen LogP contribution in [0.5, 0.6) is 0 Å². The highest BCUT2D eigenvalue weighted by atomic mass is 35.5. The molecule has 5 heteroatoms. The molecular weight excluding hydrogens is 318 g/mol. The molecule has 0 aromatic heterocycles. The number of nitrogens with zero attached hydrogens (tertiary/aromatic N) is 1. The Labute approximate surface area is 136 Å². The van der Waals surface area contributed by atoms with Crippen LogP contribution in [0.1, 0.15) is 17.5 Å². The van der Waals surface area contributed by atoms with Crippen molar-refractivity contribution < 1.29 is 8.42 Å². The van der Waals surface area contributed by atoms with Gasteiger partial charge in [-0.1, -0.05) is 48.5 Å². The molecule has 0 saturated carbocycles. The predicted octanol–water partition coefficient (Wildman–Crippen LogP) is 3.71. The molecule has 22 heavy (non-hydrogen) atoms. The molecule has 2 aromatic carbocycles. The molecule has 116 valence electrons. The lowest BCUT2D eigenvalue weighted by atomic mass is 10.2. The van der Waals surface area contributed by atoms with Gasteiger partial charge in [0.05, 0.1) is 17.2 Å². The summed E-state index contributed by atoms with van der Waals surface area (Å²) in [5.74, 6) is 0.392. The maximum atomic E-state index is 12.3. The van der Waals surface area contributed by atoms with E-state index in [2.05, 4.69) is 4.99 Å². The number of hydrogen-bond donors (Lipinski definition) is 0. The predicted molar refractivity (Wildman–Crippen MR) is 91.6 cm³/mol. The van der Waals surface area contributed by atoms with Gasteiger partial charge < -0.3 is 0 Å². The molecule has 0 fully saturated rings. The largest absolute Gasteiger partial charge is 0.288 e. The van der Waals surface area contributed by atoms with Crippen LogP contribution < -0.4 is 0 Å². The number of sulfone groups is 1. The van der Waals surface area contributed by atoms with Gasteiger partial charge in [0, 0.05) is 17.7 Å². The van der Waals surface area contributed by atoms with E-state index < -0.39 is 9.84 Å². The number of alkyl halides is 1. The molecule has 0 unspecified atom stereocenters. The number of halogens is 1. The van der Waals surface area contributed by atoms with Crippen LogP contribution in [0.4, 0.5) is 0 Å². The highest BCUT2D eigenvalue weighted by Crippen LogP contribution is 2.16. The molecular formula is C17H18ClNO2S. The van der Waals surface area contributed by atoms with Crippen molar-refractivity contribution in [3.63, 3.8) is 0 Å². The molecule has 0 radical (unpaired) electrons. The SMILES string of the molecule is O=S(=O)(CCCCl)c1ccccc1C=NCc1ccccc1. The van der Waals surface area contributed by atoms with Gasteiger partial charge in [0.1, 0.15) is 0 Å². The minimum atomic E-state index is -3.32. The van der Waals surface area contributed by atoms with Gasteiger partial charge in [-0.2, -0.15) is 0 Å². The summed E-state index contributed by atoms with van der Waals surface area (Å²) < 4.78 is 24.6. The molecule has 0 atom stereocenters. The molecule has 0 N–H and O–H groups in total. The highest BCUT2D eigenvalue weighted by molar-refractivity contribution is 7.91. The van der Waals surface area contributed by atoms with E-state index in [0.717, 1.165) is 5.56 Å². The Morgan fingerprint density at radius 2 is 1.68 bits per heavy atom. The average Bonchev–Trinajstić information content (AvgIpc) is 2.54. The average molecular weight is 336 g/mol. The number of benzene rings is 2. The van der Waals surface area contributed by atoms with Crippen LogP contribution in [0, 0.1) is 0 Å². The zero-order valence-electron chi connectivity index (χ0n) is 12.2. The molecule has 2 aromatic rings. The van der Waals surface area contributed by atoms with E-state index in [-0.39, 0.29) is 5.75 Å². The normalized spacial score (nSPS) is 11.9. The van der Waals surface area contributed by atoms with E-state index in [4.69, 9.17) is 11.6 Å². The first-order valence-corrected chi connectivity index (χ1v) is 9.23. The smallest absolute Gasteiger partial charge is 0.179 e. The molecule has 0 aliphatic heterocycles. The topological polar surface area (TPSA) is 46.5 Å². The van der Waals surface area contributed by atoms with Gasteiger partial charge in [0.25, 0.3) is 0 Å². The van der Waals surface area contributed by atoms with Gasteiger partial charge in [-0.3, -0.25) is 4.99 Å². The fraction of sp³-hybridized carbons (Fsp3) is 0.235. The van der Waals surface area contributed by atoms with Crippen molar-refractivity contribution >= 4 is 27.7 Å². The standard InChI is InChI=1S/C17H18ClNO2S/c18-11-6-12-22(20,21)17-10-5-4-9-16(17)14-19-13-15-7-2-1-3-8-15/h1-5,7-10,14H,6,11-13H2. The number of hydrogen-bond acceptors (Lipinski definition) is 3. The maximum absolute atomic E-state index is 12.3. The summed E-state index contributed by atoms with van der Waals surface area (Å²) in [6.07, 6.45) is 2.07. The van der Waals surface area contributed by atoms with Gasteiger partial charge in [-0.25, -0.2) is 8.42 Å². The summed E-state index contributed by atoms with van der Waals surface area (Å²) in [5, 5.41) is 0. The van der Waals surface area contributed by atoms with Crippen LogP contribution in [0.15, 0.2) is 64.5 Å². The van der Waals surface area contributed by atoms with Crippen LogP contribution in [-0.4, -0.2) is 26.3 Å². The monoisotopic (exact) mass is 335 g/mol. The van der Waals surface area contributed by atoms with Crippen LogP contribution in [-0.2, 0) is 16.4 Å². The quantitative estimate of drug-likeness (QED) is 0.572. The van der Waals surface area contributed by atoms with Crippen LogP contribution >= 0.6 is 11.6 Å². The minimum Gasteiger partial charge on any atom is -0.288 e. The lowest BCUT2D eigenvalue weighted by molar-refractivity contribution is 0.594. The Balaban J connectivity index is 2.18. The second-order valence-corrected chi connectivity index (χ2v) is 7.31. The summed E-state index contributed by atoms with van der Waals surface area (Å²) in [4.78, 5) is 4.67. The van der Waals surface area contributed by atoms with E-state index in [1.807, 2.05) is 36.4 Å². The number of rotatable bonds is 7. The molecule has 0 saturated heterocycles. The van der Waals surface area contributed by atoms with E-state index in [0.29, 0.717) is 29.3 Å². The molecule has 0 spiro atoms. The molecule has 0 aliphatic carbocycles. The first-order chi connectivity index (χ1) is 10.6. The summed E-state index contributed by atoms with van der Waals surface area (Å²) in [6.45, 7) is 0.525. The third-order valence-corrected chi connectivity index (χ3v) is 5.28. The Hall–Kier alpha value is -1.65. The lowest BCUT2D eigenvalue weighted by Crippen LogP contribution is -2.10. The van der Waals surface area contributed by atoms with E-state index in [9.17, 15) is 8.42 Å². The maximum Gasteiger partial charge on any atom is 0.179 e.